The van der Waals surface area contributed by atoms with Gasteiger partial charge < -0.3 is 15.7 Å². The molecular weight excluding hydrogens is 292 g/mol. The molecule has 1 heterocycles. The van der Waals surface area contributed by atoms with Crippen molar-refractivity contribution in [1.82, 2.24) is 15.1 Å². The van der Waals surface area contributed by atoms with Gasteiger partial charge >= 0.3 is 6.03 Å². The number of nitrogens with zero attached hydrogens (tertiary/aromatic N) is 2. The number of aryl methyl sites for hydroxylation is 1. The number of carbonyl (C=O) groups is 1. The van der Waals surface area contributed by atoms with Crippen molar-refractivity contribution < 1.29 is 9.90 Å². The lowest BCUT2D eigenvalue weighted by Gasteiger charge is -2.36. The summed E-state index contributed by atoms with van der Waals surface area (Å²) in [6, 6.07) is 7.39. The Hall–Kier alpha value is -2.34. The SMILES string of the molecule is Cc1ccc(-n2cccn2)cc1NC(=O)NCCC1(O)CCC1. The molecule has 122 valence electrons. The molecule has 0 aliphatic heterocycles. The molecule has 3 N–H and O–H groups in total. The molecule has 0 atom stereocenters. The zero-order valence-electron chi connectivity index (χ0n) is 13.2. The van der Waals surface area contributed by atoms with Gasteiger partial charge in [0.15, 0.2) is 0 Å². The summed E-state index contributed by atoms with van der Waals surface area (Å²) in [6.07, 6.45) is 6.91. The first-order valence-corrected chi connectivity index (χ1v) is 7.94. The molecule has 0 radical (unpaired) electrons. The molecular formula is C17H22N4O2. The number of benzene rings is 1. The van der Waals surface area contributed by atoms with Crippen molar-refractivity contribution in [1.29, 1.82) is 0 Å². The van der Waals surface area contributed by atoms with E-state index in [1.807, 2.05) is 37.4 Å². The number of carbonyl (C=O) groups excluding carboxylic acids is 1. The third-order valence-electron chi connectivity index (χ3n) is 4.40. The largest absolute Gasteiger partial charge is 0.390 e. The van der Waals surface area contributed by atoms with Gasteiger partial charge in [0.1, 0.15) is 0 Å². The number of rotatable bonds is 5. The number of nitrogens with one attached hydrogen (secondary N) is 2. The molecule has 0 bridgehead atoms. The van der Waals surface area contributed by atoms with Crippen LogP contribution in [0.3, 0.4) is 0 Å². The molecule has 2 aromatic rings. The molecule has 0 unspecified atom stereocenters. The number of aliphatic hydroxyl groups is 1. The van der Waals surface area contributed by atoms with Gasteiger partial charge in [-0.2, -0.15) is 5.10 Å². The second-order valence-corrected chi connectivity index (χ2v) is 6.16. The molecule has 1 saturated carbocycles. The summed E-state index contributed by atoms with van der Waals surface area (Å²) in [5.41, 5.74) is 2.05. The van der Waals surface area contributed by atoms with Crippen molar-refractivity contribution in [2.75, 3.05) is 11.9 Å². The lowest BCUT2D eigenvalue weighted by Crippen LogP contribution is -2.41. The van der Waals surface area contributed by atoms with Crippen molar-refractivity contribution in [3.05, 3.63) is 42.2 Å². The fraction of sp³-hybridized carbons (Fsp3) is 0.412. The quantitative estimate of drug-likeness (QED) is 0.793. The van der Waals surface area contributed by atoms with Crippen molar-refractivity contribution in [2.45, 2.75) is 38.2 Å². The Labute approximate surface area is 135 Å². The highest BCUT2D eigenvalue weighted by Gasteiger charge is 2.33. The fourth-order valence-electron chi connectivity index (χ4n) is 2.72. The molecule has 1 aliphatic rings. The van der Waals surface area contributed by atoms with Crippen LogP contribution in [0.4, 0.5) is 10.5 Å². The van der Waals surface area contributed by atoms with E-state index in [2.05, 4.69) is 15.7 Å². The van der Waals surface area contributed by atoms with Crippen LogP contribution in [0, 0.1) is 6.92 Å². The number of hydrogen-bond donors (Lipinski definition) is 3. The van der Waals surface area contributed by atoms with E-state index in [9.17, 15) is 9.90 Å². The summed E-state index contributed by atoms with van der Waals surface area (Å²) in [5.74, 6) is 0. The normalized spacial score (nSPS) is 15.7. The van der Waals surface area contributed by atoms with Gasteiger partial charge in [0.25, 0.3) is 0 Å². The fourth-order valence-corrected chi connectivity index (χ4v) is 2.72. The zero-order valence-corrected chi connectivity index (χ0v) is 13.2. The molecule has 6 heteroatoms. The second-order valence-electron chi connectivity index (χ2n) is 6.16. The van der Waals surface area contributed by atoms with E-state index in [4.69, 9.17) is 0 Å². The van der Waals surface area contributed by atoms with Gasteiger partial charge in [0.05, 0.1) is 11.3 Å². The maximum absolute atomic E-state index is 12.0. The molecule has 6 nitrogen and oxygen atoms in total. The van der Waals surface area contributed by atoms with Crippen LogP contribution in [0.25, 0.3) is 5.69 Å². The highest BCUT2D eigenvalue weighted by Crippen LogP contribution is 2.34. The van der Waals surface area contributed by atoms with Gasteiger partial charge in [-0.1, -0.05) is 6.07 Å². The highest BCUT2D eigenvalue weighted by molar-refractivity contribution is 5.90. The van der Waals surface area contributed by atoms with Gasteiger partial charge in [0.2, 0.25) is 0 Å². The van der Waals surface area contributed by atoms with Gasteiger partial charge in [-0.3, -0.25) is 0 Å². The molecule has 1 aromatic heterocycles. The molecule has 23 heavy (non-hydrogen) atoms. The number of aromatic nitrogens is 2. The van der Waals surface area contributed by atoms with Crippen LogP contribution < -0.4 is 10.6 Å². The lowest BCUT2D eigenvalue weighted by molar-refractivity contribution is -0.0388. The zero-order chi connectivity index (χ0) is 16.3. The summed E-state index contributed by atoms with van der Waals surface area (Å²) in [5, 5.41) is 19.9. The Morgan fingerprint density at radius 2 is 2.26 bits per heavy atom. The van der Waals surface area contributed by atoms with Crippen LogP contribution in [-0.2, 0) is 0 Å². The van der Waals surface area contributed by atoms with Crippen molar-refractivity contribution in [3.63, 3.8) is 0 Å². The number of anilines is 1. The van der Waals surface area contributed by atoms with Crippen LogP contribution in [0.5, 0.6) is 0 Å². The molecule has 1 aromatic carbocycles. The molecule has 2 amide bonds. The van der Waals surface area contributed by atoms with E-state index in [0.29, 0.717) is 13.0 Å². The van der Waals surface area contributed by atoms with Gasteiger partial charge in [-0.15, -0.1) is 0 Å². The average Bonchev–Trinajstić information content (AvgIpc) is 3.02. The first-order valence-electron chi connectivity index (χ1n) is 7.94. The minimum atomic E-state index is -0.566. The second kappa shape index (κ2) is 6.42. The van der Waals surface area contributed by atoms with E-state index < -0.39 is 5.60 Å². The Morgan fingerprint density at radius 1 is 1.43 bits per heavy atom. The number of hydrogen-bond acceptors (Lipinski definition) is 3. The minimum Gasteiger partial charge on any atom is -0.390 e. The highest BCUT2D eigenvalue weighted by atomic mass is 16.3. The van der Waals surface area contributed by atoms with Gasteiger partial charge in [-0.05, 0) is 56.4 Å². The topological polar surface area (TPSA) is 79.2 Å². The molecule has 1 aliphatic carbocycles. The average molecular weight is 314 g/mol. The third-order valence-corrected chi connectivity index (χ3v) is 4.40. The maximum Gasteiger partial charge on any atom is 0.319 e. The number of amides is 2. The molecule has 0 saturated heterocycles. The summed E-state index contributed by atoms with van der Waals surface area (Å²) in [4.78, 5) is 12.0. The van der Waals surface area contributed by atoms with Crippen molar-refractivity contribution in [3.8, 4) is 5.69 Å². The van der Waals surface area contributed by atoms with E-state index in [0.717, 1.165) is 36.2 Å². The first-order chi connectivity index (χ1) is 11.1. The van der Waals surface area contributed by atoms with E-state index >= 15 is 0 Å². The Kier molecular flexibility index (Phi) is 4.34. The standard InChI is InChI=1S/C17H22N4O2/c1-13-4-5-14(21-11-3-9-19-21)12-15(13)20-16(22)18-10-8-17(23)6-2-7-17/h3-5,9,11-12,23H,2,6-8,10H2,1H3,(H2,18,20,22). The summed E-state index contributed by atoms with van der Waals surface area (Å²) < 4.78 is 1.74. The van der Waals surface area contributed by atoms with Gasteiger partial charge in [0, 0.05) is 24.6 Å². The summed E-state index contributed by atoms with van der Waals surface area (Å²) >= 11 is 0. The van der Waals surface area contributed by atoms with Gasteiger partial charge in [-0.25, -0.2) is 9.48 Å². The van der Waals surface area contributed by atoms with Crippen molar-refractivity contribution in [2.24, 2.45) is 0 Å². The van der Waals surface area contributed by atoms with Crippen LogP contribution in [-0.4, -0.2) is 33.1 Å². The van der Waals surface area contributed by atoms with E-state index in [1.54, 1.807) is 10.9 Å². The van der Waals surface area contributed by atoms with Crippen LogP contribution in [0.1, 0.15) is 31.2 Å². The van der Waals surface area contributed by atoms with Crippen LogP contribution >= 0.6 is 0 Å². The monoisotopic (exact) mass is 314 g/mol. The third kappa shape index (κ3) is 3.71. The van der Waals surface area contributed by atoms with Crippen LogP contribution in [0.2, 0.25) is 0 Å². The maximum atomic E-state index is 12.0. The minimum absolute atomic E-state index is 0.256. The molecule has 3 rings (SSSR count). The molecule has 1 fully saturated rings. The van der Waals surface area contributed by atoms with Crippen LogP contribution in [0.15, 0.2) is 36.7 Å². The van der Waals surface area contributed by atoms with E-state index in [-0.39, 0.29) is 6.03 Å². The predicted molar refractivity (Wildman–Crippen MR) is 88.7 cm³/mol. The predicted octanol–water partition coefficient (Wildman–Crippen LogP) is 2.61. The Balaban J connectivity index is 1.58. The molecule has 0 spiro atoms. The van der Waals surface area contributed by atoms with Crippen molar-refractivity contribution >= 4 is 11.7 Å². The first kappa shape index (κ1) is 15.6. The Morgan fingerprint density at radius 3 is 2.91 bits per heavy atom. The summed E-state index contributed by atoms with van der Waals surface area (Å²) in [7, 11) is 0. The number of urea groups is 1. The van der Waals surface area contributed by atoms with E-state index in [1.165, 1.54) is 0 Å². The summed E-state index contributed by atoms with van der Waals surface area (Å²) in [6.45, 7) is 2.42. The Bertz CT molecular complexity index is 678. The lowest BCUT2D eigenvalue weighted by atomic mass is 9.78. The smallest absolute Gasteiger partial charge is 0.319 e.